The summed E-state index contributed by atoms with van der Waals surface area (Å²) >= 11 is 0. The Bertz CT molecular complexity index is 221. The predicted octanol–water partition coefficient (Wildman–Crippen LogP) is -0.830. The van der Waals surface area contributed by atoms with E-state index in [-0.39, 0.29) is 18.0 Å². The number of fused-ring (bicyclic) bond motifs is 1. The summed E-state index contributed by atoms with van der Waals surface area (Å²) in [6, 6.07) is -0.00231. The molecule has 0 saturated carbocycles. The molecule has 0 spiro atoms. The molecule has 0 aromatic rings. The number of hydrogen-bond donors (Lipinski definition) is 1. The molecule has 1 radical (unpaired) electrons. The zero-order valence-corrected chi connectivity index (χ0v) is 5.19. The maximum atomic E-state index is 10.7. The SMILES string of the molecule is O=C1[CH]C2NC=NC2N=C1. The van der Waals surface area contributed by atoms with E-state index in [1.54, 1.807) is 12.8 Å². The molecule has 2 aliphatic heterocycles. The minimum absolute atomic E-state index is 0.00231. The number of hydrogen-bond acceptors (Lipinski definition) is 4. The van der Waals surface area contributed by atoms with E-state index >= 15 is 0 Å². The highest BCUT2D eigenvalue weighted by Crippen LogP contribution is 2.11. The van der Waals surface area contributed by atoms with Crippen LogP contribution in [-0.4, -0.2) is 30.5 Å². The molecule has 0 aromatic carbocycles. The second-order valence-corrected chi connectivity index (χ2v) is 2.23. The van der Waals surface area contributed by atoms with Gasteiger partial charge in [-0.1, -0.05) is 0 Å². The fourth-order valence-corrected chi connectivity index (χ4v) is 1.02. The molecule has 4 nitrogen and oxygen atoms in total. The molecule has 4 heteroatoms. The number of carbonyl (C=O) groups excluding carboxylic acids is 1. The van der Waals surface area contributed by atoms with Crippen molar-refractivity contribution < 1.29 is 4.79 Å². The first-order chi connectivity index (χ1) is 4.86. The Kier molecular flexibility index (Phi) is 1.06. The van der Waals surface area contributed by atoms with Gasteiger partial charge >= 0.3 is 0 Å². The lowest BCUT2D eigenvalue weighted by molar-refractivity contribution is -0.110. The highest BCUT2D eigenvalue weighted by molar-refractivity contribution is 6.32. The molecule has 0 aromatic heterocycles. The van der Waals surface area contributed by atoms with Gasteiger partial charge in [-0.3, -0.25) is 9.79 Å². The Balaban J connectivity index is 2.21. The van der Waals surface area contributed by atoms with Crippen molar-refractivity contribution >= 4 is 18.3 Å². The quantitative estimate of drug-likeness (QED) is 0.472. The topological polar surface area (TPSA) is 53.8 Å². The van der Waals surface area contributed by atoms with Crippen LogP contribution in [0.4, 0.5) is 0 Å². The van der Waals surface area contributed by atoms with E-state index in [9.17, 15) is 4.79 Å². The summed E-state index contributed by atoms with van der Waals surface area (Å²) in [5.41, 5.74) is 0. The number of nitrogens with one attached hydrogen (secondary N) is 1. The molecule has 2 unspecified atom stereocenters. The van der Waals surface area contributed by atoms with Gasteiger partial charge < -0.3 is 5.32 Å². The van der Waals surface area contributed by atoms with Crippen LogP contribution in [0.15, 0.2) is 9.98 Å². The Labute approximate surface area is 58.1 Å². The fourth-order valence-electron chi connectivity index (χ4n) is 1.02. The van der Waals surface area contributed by atoms with Crippen LogP contribution in [0.3, 0.4) is 0 Å². The molecule has 0 fully saturated rings. The van der Waals surface area contributed by atoms with Crippen molar-refractivity contribution in [3.63, 3.8) is 0 Å². The van der Waals surface area contributed by atoms with Crippen molar-refractivity contribution in [2.45, 2.75) is 12.2 Å². The highest BCUT2D eigenvalue weighted by Gasteiger charge is 2.28. The van der Waals surface area contributed by atoms with E-state index in [1.807, 2.05) is 0 Å². The number of rotatable bonds is 0. The van der Waals surface area contributed by atoms with Crippen LogP contribution >= 0.6 is 0 Å². The molecule has 10 heavy (non-hydrogen) atoms. The molecular weight excluding hydrogens is 130 g/mol. The zero-order chi connectivity index (χ0) is 6.97. The van der Waals surface area contributed by atoms with Crippen molar-refractivity contribution in [2.24, 2.45) is 9.98 Å². The van der Waals surface area contributed by atoms with Crippen LogP contribution in [0.2, 0.25) is 0 Å². The molecule has 0 bridgehead atoms. The van der Waals surface area contributed by atoms with E-state index in [2.05, 4.69) is 15.3 Å². The van der Waals surface area contributed by atoms with Crippen LogP contribution < -0.4 is 5.32 Å². The lowest BCUT2D eigenvalue weighted by Gasteiger charge is -2.15. The molecule has 0 saturated heterocycles. The predicted molar refractivity (Wildman–Crippen MR) is 37.0 cm³/mol. The number of ketones is 1. The fraction of sp³-hybridized carbons (Fsp3) is 0.333. The normalized spacial score (nSPS) is 35.8. The smallest absolute Gasteiger partial charge is 0.179 e. The van der Waals surface area contributed by atoms with Gasteiger partial charge in [0.15, 0.2) is 11.9 Å². The minimum Gasteiger partial charge on any atom is -0.369 e. The van der Waals surface area contributed by atoms with Crippen LogP contribution in [0.1, 0.15) is 0 Å². The second-order valence-electron chi connectivity index (χ2n) is 2.23. The summed E-state index contributed by atoms with van der Waals surface area (Å²) in [6.45, 7) is 0. The van der Waals surface area contributed by atoms with Crippen molar-refractivity contribution in [1.82, 2.24) is 5.32 Å². The molecule has 1 N–H and O–H groups in total. The Morgan fingerprint density at radius 2 is 2.40 bits per heavy atom. The largest absolute Gasteiger partial charge is 0.369 e. The van der Waals surface area contributed by atoms with Crippen molar-refractivity contribution in [1.29, 1.82) is 0 Å². The van der Waals surface area contributed by atoms with Gasteiger partial charge in [0, 0.05) is 0 Å². The van der Waals surface area contributed by atoms with Gasteiger partial charge in [-0.05, 0) is 0 Å². The molecule has 2 rings (SSSR count). The van der Waals surface area contributed by atoms with Crippen LogP contribution in [0.25, 0.3) is 0 Å². The summed E-state index contributed by atoms with van der Waals surface area (Å²) in [6.07, 6.45) is 4.38. The highest BCUT2D eigenvalue weighted by atomic mass is 16.1. The third-order valence-electron chi connectivity index (χ3n) is 1.51. The molecule has 0 aliphatic carbocycles. The van der Waals surface area contributed by atoms with Gasteiger partial charge in [0.2, 0.25) is 0 Å². The monoisotopic (exact) mass is 136 g/mol. The Morgan fingerprint density at radius 3 is 3.30 bits per heavy atom. The van der Waals surface area contributed by atoms with Crippen molar-refractivity contribution in [3.05, 3.63) is 6.42 Å². The molecule has 2 aliphatic rings. The van der Waals surface area contributed by atoms with E-state index < -0.39 is 0 Å². The maximum absolute atomic E-state index is 10.7. The molecule has 2 heterocycles. The lowest BCUT2D eigenvalue weighted by atomic mass is 10.1. The number of carbonyl (C=O) groups is 1. The third kappa shape index (κ3) is 0.725. The van der Waals surface area contributed by atoms with Gasteiger partial charge in [0.25, 0.3) is 0 Å². The van der Waals surface area contributed by atoms with Crippen LogP contribution in [-0.2, 0) is 4.79 Å². The standard InChI is InChI=1S/C6H6N3O/c10-4-1-5-6(7-2-4)9-3-8-5/h1-3,5-6H,(H,8,9). The zero-order valence-electron chi connectivity index (χ0n) is 5.19. The average Bonchev–Trinajstić information content (AvgIpc) is 2.33. The second kappa shape index (κ2) is 1.90. The Morgan fingerprint density at radius 1 is 1.50 bits per heavy atom. The molecule has 51 valence electrons. The van der Waals surface area contributed by atoms with Crippen LogP contribution in [0.5, 0.6) is 0 Å². The van der Waals surface area contributed by atoms with E-state index in [4.69, 9.17) is 0 Å². The summed E-state index contributed by atoms with van der Waals surface area (Å²) in [7, 11) is 0. The number of nitrogens with zero attached hydrogens (tertiary/aromatic N) is 2. The minimum atomic E-state index is -0.0994. The van der Waals surface area contributed by atoms with Gasteiger partial charge in [0.05, 0.1) is 25.0 Å². The van der Waals surface area contributed by atoms with E-state index in [0.29, 0.717) is 0 Å². The molecule has 2 atom stereocenters. The summed E-state index contributed by atoms with van der Waals surface area (Å²) in [5.74, 6) is -0.0424. The maximum Gasteiger partial charge on any atom is 0.179 e. The lowest BCUT2D eigenvalue weighted by Crippen LogP contribution is -2.37. The van der Waals surface area contributed by atoms with Crippen LogP contribution in [0, 0.1) is 6.42 Å². The summed E-state index contributed by atoms with van der Waals surface area (Å²) in [5, 5.41) is 2.91. The first kappa shape index (κ1) is 5.58. The molecule has 0 amide bonds. The van der Waals surface area contributed by atoms with Crippen molar-refractivity contribution in [2.75, 3.05) is 0 Å². The van der Waals surface area contributed by atoms with Gasteiger partial charge in [-0.15, -0.1) is 0 Å². The van der Waals surface area contributed by atoms with Gasteiger partial charge in [0.1, 0.15) is 0 Å². The van der Waals surface area contributed by atoms with Gasteiger partial charge in [-0.25, -0.2) is 4.99 Å². The third-order valence-corrected chi connectivity index (χ3v) is 1.51. The first-order valence-electron chi connectivity index (χ1n) is 3.06. The number of aliphatic imine (C=N–C) groups is 2. The van der Waals surface area contributed by atoms with E-state index in [0.717, 1.165) is 0 Å². The number of Topliss-reactive ketones (excluding diaryl/α,β-unsaturated/α-hetero) is 1. The molecular formula is C6H6N3O. The summed E-state index contributed by atoms with van der Waals surface area (Å²) < 4.78 is 0. The summed E-state index contributed by atoms with van der Waals surface area (Å²) in [4.78, 5) is 18.6. The van der Waals surface area contributed by atoms with Gasteiger partial charge in [-0.2, -0.15) is 0 Å². The van der Waals surface area contributed by atoms with Crippen molar-refractivity contribution in [3.8, 4) is 0 Å². The average molecular weight is 136 g/mol. The Hall–Kier alpha value is -1.19. The first-order valence-corrected chi connectivity index (χ1v) is 3.06. The van der Waals surface area contributed by atoms with E-state index in [1.165, 1.54) is 6.21 Å².